The molecule has 3 saturated heterocycles. The summed E-state index contributed by atoms with van der Waals surface area (Å²) in [6, 6.07) is 16.0. The second-order valence-electron chi connectivity index (χ2n) is 14.8. The van der Waals surface area contributed by atoms with Gasteiger partial charge in [0.2, 0.25) is 5.91 Å². The van der Waals surface area contributed by atoms with Crippen LogP contribution in [0.3, 0.4) is 0 Å². The van der Waals surface area contributed by atoms with Gasteiger partial charge in [-0.1, -0.05) is 30.3 Å². The molecule has 0 radical (unpaired) electrons. The molecule has 1 aromatic carbocycles. The topological polar surface area (TPSA) is 136 Å². The van der Waals surface area contributed by atoms with E-state index in [0.29, 0.717) is 80.3 Å². The van der Waals surface area contributed by atoms with E-state index in [9.17, 15) is 19.5 Å². The Bertz CT molecular complexity index is 2160. The lowest BCUT2D eigenvalue weighted by molar-refractivity contribution is -0.142. The van der Waals surface area contributed by atoms with Crippen molar-refractivity contribution in [2.45, 2.75) is 70.1 Å². The second-order valence-corrected chi connectivity index (χ2v) is 15.8. The fourth-order valence-electron chi connectivity index (χ4n) is 8.22. The Morgan fingerprint density at radius 3 is 2.47 bits per heavy atom. The summed E-state index contributed by atoms with van der Waals surface area (Å²) in [6.07, 6.45) is 8.26. The number of likely N-dealkylation sites (tertiary alicyclic amines) is 2. The summed E-state index contributed by atoms with van der Waals surface area (Å²) in [5.41, 5.74) is 2.87. The van der Waals surface area contributed by atoms with Crippen molar-refractivity contribution in [1.82, 2.24) is 33.9 Å². The highest BCUT2D eigenvalue weighted by atomic mass is 32.1. The largest absolute Gasteiger partial charge is 0.388 e. The van der Waals surface area contributed by atoms with Crippen LogP contribution in [-0.4, -0.2) is 95.8 Å². The molecule has 2 atom stereocenters. The number of fused-ring (bicyclic) bond motifs is 1. The lowest BCUT2D eigenvalue weighted by Gasteiger charge is -2.43. The summed E-state index contributed by atoms with van der Waals surface area (Å²) in [4.78, 5) is 59.9. The number of piperidine rings is 2. The summed E-state index contributed by atoms with van der Waals surface area (Å²) in [5.74, 6) is -0.505. The molecular weight excluding hydrogens is 691 g/mol. The van der Waals surface area contributed by atoms with Crippen molar-refractivity contribution in [3.05, 3.63) is 99.4 Å². The Labute approximate surface area is 312 Å². The summed E-state index contributed by atoms with van der Waals surface area (Å²) in [5, 5.41) is 13.0. The van der Waals surface area contributed by atoms with Crippen molar-refractivity contribution in [2.24, 2.45) is 5.92 Å². The molecule has 4 aromatic heterocycles. The molecule has 7 heterocycles. The lowest BCUT2D eigenvalue weighted by Crippen LogP contribution is -2.53. The zero-order chi connectivity index (χ0) is 36.7. The van der Waals surface area contributed by atoms with Crippen LogP contribution >= 0.6 is 11.3 Å². The average Bonchev–Trinajstić information content (AvgIpc) is 3.80. The maximum Gasteiger partial charge on any atom is 0.265 e. The van der Waals surface area contributed by atoms with Crippen LogP contribution in [0.4, 0.5) is 0 Å². The zero-order valence-electron chi connectivity index (χ0n) is 30.2. The van der Waals surface area contributed by atoms with Crippen molar-refractivity contribution in [3.8, 4) is 10.6 Å². The van der Waals surface area contributed by atoms with Gasteiger partial charge in [0.1, 0.15) is 21.9 Å². The molecule has 5 aromatic rings. The van der Waals surface area contributed by atoms with Gasteiger partial charge in [-0.15, -0.1) is 11.3 Å². The molecule has 0 saturated carbocycles. The maximum absolute atomic E-state index is 14.3. The van der Waals surface area contributed by atoms with Crippen LogP contribution in [0.2, 0.25) is 0 Å². The number of ether oxygens (including phenoxy) is 1. The van der Waals surface area contributed by atoms with Crippen molar-refractivity contribution in [2.75, 3.05) is 39.4 Å². The SMILES string of the molecule is Cc1ccc(-c2nc(C)c(C(=O)N3CC[C@@H](C(=O)N4CCC(O)(Cn5cnc6c(ccn6C6CCOCC6)c5=O)CC4)[C@H](c4ccccc4)C3)s2)cn1. The van der Waals surface area contributed by atoms with Gasteiger partial charge in [-0.05, 0) is 69.7 Å². The average molecular weight is 736 g/mol. The van der Waals surface area contributed by atoms with E-state index in [1.807, 2.05) is 78.4 Å². The third-order valence-corrected chi connectivity index (χ3v) is 12.5. The molecule has 1 N–H and O–H groups in total. The van der Waals surface area contributed by atoms with E-state index in [-0.39, 0.29) is 41.8 Å². The minimum absolute atomic E-state index is 0.0471. The molecular formula is C40H45N7O5S. The van der Waals surface area contributed by atoms with E-state index >= 15 is 0 Å². The Kier molecular flexibility index (Phi) is 9.73. The van der Waals surface area contributed by atoms with Gasteiger partial charge in [-0.2, -0.15) is 0 Å². The highest BCUT2D eigenvalue weighted by Crippen LogP contribution is 2.37. The number of pyridine rings is 1. The van der Waals surface area contributed by atoms with Gasteiger partial charge in [0.05, 0.1) is 23.2 Å². The molecule has 0 aliphatic carbocycles. The van der Waals surface area contributed by atoms with Gasteiger partial charge in [0.25, 0.3) is 11.5 Å². The maximum atomic E-state index is 14.3. The Hall–Kier alpha value is -4.72. The first kappa shape index (κ1) is 35.3. The van der Waals surface area contributed by atoms with Gasteiger partial charge >= 0.3 is 0 Å². The lowest BCUT2D eigenvalue weighted by atomic mass is 9.79. The molecule has 276 valence electrons. The summed E-state index contributed by atoms with van der Waals surface area (Å²) in [6.45, 7) is 6.97. The Morgan fingerprint density at radius 1 is 0.962 bits per heavy atom. The summed E-state index contributed by atoms with van der Waals surface area (Å²) >= 11 is 1.38. The molecule has 3 aliphatic heterocycles. The molecule has 0 unspecified atom stereocenters. The number of thiazole rings is 1. The van der Waals surface area contributed by atoms with Crippen molar-refractivity contribution >= 4 is 34.2 Å². The number of amides is 2. The number of benzene rings is 1. The van der Waals surface area contributed by atoms with Crippen molar-refractivity contribution in [1.29, 1.82) is 0 Å². The molecule has 13 heteroatoms. The smallest absolute Gasteiger partial charge is 0.265 e. The minimum atomic E-state index is -1.14. The molecule has 3 aliphatic rings. The van der Waals surface area contributed by atoms with Crippen LogP contribution < -0.4 is 5.56 Å². The number of carbonyl (C=O) groups is 2. The van der Waals surface area contributed by atoms with Crippen LogP contribution in [0.25, 0.3) is 21.6 Å². The molecule has 12 nitrogen and oxygen atoms in total. The fraction of sp³-hybridized carbons (Fsp3) is 0.450. The van der Waals surface area contributed by atoms with Crippen LogP contribution in [0.15, 0.2) is 72.0 Å². The second kappa shape index (κ2) is 14.6. The summed E-state index contributed by atoms with van der Waals surface area (Å²) < 4.78 is 9.10. The fourth-order valence-corrected chi connectivity index (χ4v) is 9.25. The van der Waals surface area contributed by atoms with Gasteiger partial charge < -0.3 is 24.2 Å². The van der Waals surface area contributed by atoms with Crippen molar-refractivity contribution < 1.29 is 19.4 Å². The highest BCUT2D eigenvalue weighted by molar-refractivity contribution is 7.17. The predicted molar refractivity (Wildman–Crippen MR) is 202 cm³/mol. The number of aromatic nitrogens is 5. The van der Waals surface area contributed by atoms with E-state index in [0.717, 1.165) is 34.7 Å². The van der Waals surface area contributed by atoms with Gasteiger partial charge in [0.15, 0.2) is 0 Å². The van der Waals surface area contributed by atoms with E-state index < -0.39 is 5.60 Å². The molecule has 0 spiro atoms. The van der Waals surface area contributed by atoms with E-state index in [4.69, 9.17) is 9.72 Å². The quantitative estimate of drug-likeness (QED) is 0.247. The van der Waals surface area contributed by atoms with Gasteiger partial charge in [-0.3, -0.25) is 23.9 Å². The van der Waals surface area contributed by atoms with Gasteiger partial charge in [0, 0.05) is 80.9 Å². The first-order valence-corrected chi connectivity index (χ1v) is 19.4. The predicted octanol–water partition coefficient (Wildman–Crippen LogP) is 4.98. The standard InChI is InChI=1S/C40H45N7O5S/c1-26-8-9-29(22-41-26)36-43-27(2)34(53-36)39(50)45-16-10-31(33(23-45)28-6-4-3-5-7-28)37(48)44-18-14-40(51,15-19-44)24-46-25-42-35-32(38(46)49)11-17-47(35)30-12-20-52-21-13-30/h3-9,11,17,22,25,30-31,33,51H,10,12-16,18-21,23-24H2,1-2H3/t31-,33+/m1/s1. The van der Waals surface area contributed by atoms with Crippen LogP contribution in [-0.2, 0) is 16.1 Å². The van der Waals surface area contributed by atoms with Crippen LogP contribution in [0.1, 0.15) is 70.7 Å². The summed E-state index contributed by atoms with van der Waals surface area (Å²) in [7, 11) is 0. The highest BCUT2D eigenvalue weighted by Gasteiger charge is 2.42. The number of hydrogen-bond acceptors (Lipinski definition) is 9. The molecule has 53 heavy (non-hydrogen) atoms. The van der Waals surface area contributed by atoms with Crippen molar-refractivity contribution in [3.63, 3.8) is 0 Å². The number of hydrogen-bond donors (Lipinski definition) is 1. The molecule has 0 bridgehead atoms. The number of aliphatic hydroxyl groups is 1. The minimum Gasteiger partial charge on any atom is -0.388 e. The van der Waals surface area contributed by atoms with E-state index in [1.165, 1.54) is 15.9 Å². The van der Waals surface area contributed by atoms with E-state index in [1.54, 1.807) is 12.5 Å². The van der Waals surface area contributed by atoms with Crippen LogP contribution in [0.5, 0.6) is 0 Å². The number of carbonyl (C=O) groups excluding carboxylic acids is 2. The third kappa shape index (κ3) is 7.05. The first-order valence-electron chi connectivity index (χ1n) is 18.6. The Morgan fingerprint density at radius 2 is 1.74 bits per heavy atom. The van der Waals surface area contributed by atoms with E-state index in [2.05, 4.69) is 14.5 Å². The first-order chi connectivity index (χ1) is 25.7. The normalized spacial score (nSPS) is 20.9. The number of aryl methyl sites for hydroxylation is 2. The molecule has 8 rings (SSSR count). The molecule has 2 amide bonds. The zero-order valence-corrected chi connectivity index (χ0v) is 31.0. The Balaban J connectivity index is 0.944. The monoisotopic (exact) mass is 735 g/mol. The molecule has 3 fully saturated rings. The number of rotatable bonds is 7. The van der Waals surface area contributed by atoms with Crippen LogP contribution in [0, 0.1) is 19.8 Å². The third-order valence-electron chi connectivity index (χ3n) is 11.3. The number of nitrogens with zero attached hydrogens (tertiary/aromatic N) is 7. The van der Waals surface area contributed by atoms with Gasteiger partial charge in [-0.25, -0.2) is 9.97 Å².